The van der Waals surface area contributed by atoms with Crippen LogP contribution in [0.1, 0.15) is 18.4 Å². The van der Waals surface area contributed by atoms with Crippen LogP contribution < -0.4 is 15.0 Å². The van der Waals surface area contributed by atoms with E-state index >= 15 is 0 Å². The van der Waals surface area contributed by atoms with Crippen molar-refractivity contribution in [3.63, 3.8) is 0 Å². The van der Waals surface area contributed by atoms with Crippen molar-refractivity contribution in [3.05, 3.63) is 53.1 Å². The molecule has 6 heteroatoms. The van der Waals surface area contributed by atoms with Gasteiger partial charge in [-0.1, -0.05) is 17.7 Å². The number of benzene rings is 2. The molecule has 3 rings (SSSR count). The molecule has 0 aromatic heterocycles. The molecule has 0 bridgehead atoms. The van der Waals surface area contributed by atoms with Crippen LogP contribution >= 0.6 is 11.6 Å². The lowest BCUT2D eigenvalue weighted by molar-refractivity contribution is -0.118. The number of anilines is 2. The zero-order valence-corrected chi connectivity index (χ0v) is 14.7. The second-order valence-electron chi connectivity index (χ2n) is 5.94. The maximum Gasteiger partial charge on any atom is 0.262 e. The van der Waals surface area contributed by atoms with Gasteiger partial charge in [0, 0.05) is 35.4 Å². The van der Waals surface area contributed by atoms with Gasteiger partial charge in [-0.05, 0) is 49.2 Å². The maximum atomic E-state index is 12.1. The highest BCUT2D eigenvalue weighted by atomic mass is 35.5. The predicted octanol–water partition coefficient (Wildman–Crippen LogP) is 3.79. The maximum absolute atomic E-state index is 12.1. The molecule has 1 aliphatic rings. The van der Waals surface area contributed by atoms with Crippen LogP contribution in [0.4, 0.5) is 11.4 Å². The lowest BCUT2D eigenvalue weighted by Gasteiger charge is -2.16. The number of amides is 2. The summed E-state index contributed by atoms with van der Waals surface area (Å²) in [4.78, 5) is 25.6. The van der Waals surface area contributed by atoms with Crippen LogP contribution in [-0.2, 0) is 9.59 Å². The largest absolute Gasteiger partial charge is 0.484 e. The van der Waals surface area contributed by atoms with Crippen LogP contribution in [0.25, 0.3) is 0 Å². The molecule has 1 fully saturated rings. The molecule has 0 atom stereocenters. The van der Waals surface area contributed by atoms with Crippen molar-refractivity contribution in [1.82, 2.24) is 0 Å². The molecule has 0 saturated carbocycles. The second-order valence-corrected chi connectivity index (χ2v) is 6.38. The highest BCUT2D eigenvalue weighted by Crippen LogP contribution is 2.25. The number of hydrogen-bond acceptors (Lipinski definition) is 3. The molecule has 0 spiro atoms. The van der Waals surface area contributed by atoms with Crippen molar-refractivity contribution < 1.29 is 14.3 Å². The summed E-state index contributed by atoms with van der Waals surface area (Å²) in [5.74, 6) is 0.418. The van der Waals surface area contributed by atoms with Crippen molar-refractivity contribution in [2.45, 2.75) is 19.8 Å². The number of aryl methyl sites for hydroxylation is 1. The van der Waals surface area contributed by atoms with E-state index in [-0.39, 0.29) is 18.4 Å². The highest BCUT2D eigenvalue weighted by Gasteiger charge is 2.21. The van der Waals surface area contributed by atoms with E-state index in [1.165, 1.54) is 0 Å². The topological polar surface area (TPSA) is 58.6 Å². The zero-order chi connectivity index (χ0) is 17.8. The molecule has 2 aromatic carbocycles. The molecule has 2 amide bonds. The summed E-state index contributed by atoms with van der Waals surface area (Å²) in [6.07, 6.45) is 1.45. The van der Waals surface area contributed by atoms with Gasteiger partial charge in [-0.15, -0.1) is 0 Å². The Hall–Kier alpha value is -2.53. The number of halogens is 1. The van der Waals surface area contributed by atoms with E-state index < -0.39 is 0 Å². The van der Waals surface area contributed by atoms with Crippen molar-refractivity contribution in [3.8, 4) is 5.75 Å². The van der Waals surface area contributed by atoms with E-state index in [9.17, 15) is 9.59 Å². The normalized spacial score (nSPS) is 13.8. The van der Waals surface area contributed by atoms with E-state index in [0.717, 1.165) is 24.2 Å². The minimum Gasteiger partial charge on any atom is -0.484 e. The van der Waals surface area contributed by atoms with E-state index in [1.807, 2.05) is 19.1 Å². The van der Waals surface area contributed by atoms with Gasteiger partial charge in [-0.3, -0.25) is 9.59 Å². The highest BCUT2D eigenvalue weighted by molar-refractivity contribution is 6.30. The Morgan fingerprint density at radius 2 is 2.12 bits per heavy atom. The predicted molar refractivity (Wildman–Crippen MR) is 98.3 cm³/mol. The summed E-state index contributed by atoms with van der Waals surface area (Å²) in [6.45, 7) is 2.48. The van der Waals surface area contributed by atoms with E-state index in [0.29, 0.717) is 22.9 Å². The van der Waals surface area contributed by atoms with Gasteiger partial charge in [0.05, 0.1) is 0 Å². The monoisotopic (exact) mass is 358 g/mol. The fraction of sp³-hybridized carbons (Fsp3) is 0.263. The van der Waals surface area contributed by atoms with Crippen molar-refractivity contribution in [1.29, 1.82) is 0 Å². The van der Waals surface area contributed by atoms with E-state index in [1.54, 1.807) is 35.2 Å². The van der Waals surface area contributed by atoms with Crippen LogP contribution in [0.2, 0.25) is 5.02 Å². The number of rotatable bonds is 5. The first-order valence-corrected chi connectivity index (χ1v) is 8.50. The first-order chi connectivity index (χ1) is 12.0. The molecule has 25 heavy (non-hydrogen) atoms. The zero-order valence-electron chi connectivity index (χ0n) is 13.9. The minimum atomic E-state index is -0.256. The summed E-state index contributed by atoms with van der Waals surface area (Å²) in [6, 6.07) is 12.5. The molecule has 1 heterocycles. The van der Waals surface area contributed by atoms with Crippen LogP contribution in [0.3, 0.4) is 0 Å². The molecule has 2 aromatic rings. The Morgan fingerprint density at radius 3 is 2.84 bits per heavy atom. The van der Waals surface area contributed by atoms with Gasteiger partial charge in [0.1, 0.15) is 5.75 Å². The molecule has 1 aliphatic heterocycles. The summed E-state index contributed by atoms with van der Waals surface area (Å²) in [5, 5.41) is 3.42. The van der Waals surface area contributed by atoms with Gasteiger partial charge < -0.3 is 15.0 Å². The van der Waals surface area contributed by atoms with Crippen LogP contribution in [0.15, 0.2) is 42.5 Å². The average molecular weight is 359 g/mol. The Balaban J connectivity index is 1.59. The minimum absolute atomic E-state index is 0.112. The fourth-order valence-electron chi connectivity index (χ4n) is 2.76. The Kier molecular flexibility index (Phi) is 5.24. The summed E-state index contributed by atoms with van der Waals surface area (Å²) < 4.78 is 5.56. The van der Waals surface area contributed by atoms with Gasteiger partial charge >= 0.3 is 0 Å². The van der Waals surface area contributed by atoms with Gasteiger partial charge in [0.15, 0.2) is 6.61 Å². The van der Waals surface area contributed by atoms with Crippen LogP contribution in [0.5, 0.6) is 5.75 Å². The van der Waals surface area contributed by atoms with Gasteiger partial charge in [0.2, 0.25) is 5.91 Å². The molecule has 0 radical (unpaired) electrons. The van der Waals surface area contributed by atoms with Crippen molar-refractivity contribution >= 4 is 34.8 Å². The Bertz CT molecular complexity index is 807. The standard InChI is InChI=1S/C19H19ClN2O3/c1-13-10-14(20)7-8-17(13)21-18(23)12-25-16-5-2-4-15(11-16)22-9-3-6-19(22)24/h2,4-5,7-8,10-11H,3,6,9,12H2,1H3,(H,21,23). The first kappa shape index (κ1) is 17.3. The third-order valence-corrected chi connectivity index (χ3v) is 4.27. The number of nitrogens with one attached hydrogen (secondary N) is 1. The molecule has 1 N–H and O–H groups in total. The molecule has 0 unspecified atom stereocenters. The average Bonchev–Trinajstić information content (AvgIpc) is 3.02. The third kappa shape index (κ3) is 4.31. The molecule has 130 valence electrons. The number of carbonyl (C=O) groups excluding carboxylic acids is 2. The smallest absolute Gasteiger partial charge is 0.262 e. The van der Waals surface area contributed by atoms with Crippen molar-refractivity contribution in [2.75, 3.05) is 23.4 Å². The number of carbonyl (C=O) groups is 2. The number of ether oxygens (including phenoxy) is 1. The van der Waals surface area contributed by atoms with E-state index in [2.05, 4.69) is 5.32 Å². The summed E-state index contributed by atoms with van der Waals surface area (Å²) in [7, 11) is 0. The third-order valence-electron chi connectivity index (χ3n) is 4.04. The number of hydrogen-bond donors (Lipinski definition) is 1. The van der Waals surface area contributed by atoms with Gasteiger partial charge in [-0.25, -0.2) is 0 Å². The van der Waals surface area contributed by atoms with Crippen LogP contribution in [0, 0.1) is 6.92 Å². The second kappa shape index (κ2) is 7.57. The SMILES string of the molecule is Cc1cc(Cl)ccc1NC(=O)COc1cccc(N2CCCC2=O)c1. The van der Waals surface area contributed by atoms with Gasteiger partial charge in [0.25, 0.3) is 5.91 Å². The lowest BCUT2D eigenvalue weighted by Crippen LogP contribution is -2.24. The lowest BCUT2D eigenvalue weighted by atomic mass is 10.2. The van der Waals surface area contributed by atoms with Gasteiger partial charge in [-0.2, -0.15) is 0 Å². The fourth-order valence-corrected chi connectivity index (χ4v) is 2.99. The molecule has 5 nitrogen and oxygen atoms in total. The van der Waals surface area contributed by atoms with Crippen LogP contribution in [-0.4, -0.2) is 25.0 Å². The quantitative estimate of drug-likeness (QED) is 0.884. The van der Waals surface area contributed by atoms with E-state index in [4.69, 9.17) is 16.3 Å². The summed E-state index contributed by atoms with van der Waals surface area (Å²) in [5.41, 5.74) is 2.39. The Morgan fingerprint density at radius 1 is 1.28 bits per heavy atom. The Labute approximate surface area is 151 Å². The van der Waals surface area contributed by atoms with Crippen molar-refractivity contribution in [2.24, 2.45) is 0 Å². The molecular weight excluding hydrogens is 340 g/mol. The number of nitrogens with zero attached hydrogens (tertiary/aromatic N) is 1. The first-order valence-electron chi connectivity index (χ1n) is 8.12. The summed E-state index contributed by atoms with van der Waals surface area (Å²) >= 11 is 5.91. The molecule has 1 saturated heterocycles. The molecule has 0 aliphatic carbocycles. The molecular formula is C19H19ClN2O3.